The standard InChI is InChI=1S/C18H19ClO6/c1-24-10-5-2-9(3-6-10)4-7-11-8-12(20)13-15(21)17(23)16(22)14(19)18(13)25-11/h2-3,5-6,8,14-17,21-23H,4,7H2,1H3/t14-,15+,16-,17+/m1/s1. The summed E-state index contributed by atoms with van der Waals surface area (Å²) in [4.78, 5) is 12.3. The second kappa shape index (κ2) is 7.17. The van der Waals surface area contributed by atoms with E-state index < -0.39 is 29.1 Å². The zero-order valence-corrected chi connectivity index (χ0v) is 14.3. The molecule has 0 unspecified atom stereocenters. The largest absolute Gasteiger partial charge is 0.497 e. The summed E-state index contributed by atoms with van der Waals surface area (Å²) in [6.07, 6.45) is -3.38. The Hall–Kier alpha value is -1.86. The second-order valence-corrected chi connectivity index (χ2v) is 6.50. The molecule has 25 heavy (non-hydrogen) atoms. The first-order valence-corrected chi connectivity index (χ1v) is 8.34. The fourth-order valence-electron chi connectivity index (χ4n) is 2.94. The minimum atomic E-state index is -1.52. The van der Waals surface area contributed by atoms with Crippen LogP contribution in [-0.2, 0) is 12.8 Å². The maximum Gasteiger partial charge on any atom is 0.191 e. The van der Waals surface area contributed by atoms with Crippen molar-refractivity contribution in [3.8, 4) is 5.75 Å². The van der Waals surface area contributed by atoms with E-state index in [2.05, 4.69) is 0 Å². The van der Waals surface area contributed by atoms with Crippen LogP contribution >= 0.6 is 11.6 Å². The summed E-state index contributed by atoms with van der Waals surface area (Å²) in [5.41, 5.74) is 0.486. The van der Waals surface area contributed by atoms with Gasteiger partial charge in [-0.05, 0) is 24.1 Å². The fourth-order valence-corrected chi connectivity index (χ4v) is 3.25. The summed E-state index contributed by atoms with van der Waals surface area (Å²) in [7, 11) is 1.60. The summed E-state index contributed by atoms with van der Waals surface area (Å²) in [6.45, 7) is 0. The molecule has 1 aromatic carbocycles. The molecule has 3 N–H and O–H groups in total. The van der Waals surface area contributed by atoms with Gasteiger partial charge in [0.2, 0.25) is 0 Å². The van der Waals surface area contributed by atoms with Gasteiger partial charge in [0.05, 0.1) is 12.7 Å². The number of aliphatic hydroxyl groups excluding tert-OH is 3. The number of hydrogen-bond acceptors (Lipinski definition) is 6. The molecular formula is C18H19ClO6. The third-order valence-corrected chi connectivity index (χ3v) is 4.86. The number of aliphatic hydroxyl groups is 3. The molecule has 0 spiro atoms. The van der Waals surface area contributed by atoms with E-state index >= 15 is 0 Å². The lowest BCUT2D eigenvalue weighted by Gasteiger charge is -2.32. The molecule has 0 amide bonds. The van der Waals surface area contributed by atoms with Crippen LogP contribution in [0.3, 0.4) is 0 Å². The van der Waals surface area contributed by atoms with Crippen molar-refractivity contribution in [2.24, 2.45) is 0 Å². The van der Waals surface area contributed by atoms with Crippen LogP contribution < -0.4 is 10.2 Å². The van der Waals surface area contributed by atoms with E-state index in [1.165, 1.54) is 6.07 Å². The summed E-state index contributed by atoms with van der Waals surface area (Å²) in [6, 6.07) is 8.83. The Balaban J connectivity index is 1.84. The Morgan fingerprint density at radius 1 is 1.12 bits per heavy atom. The molecule has 4 atom stereocenters. The van der Waals surface area contributed by atoms with Crippen LogP contribution in [0, 0.1) is 0 Å². The van der Waals surface area contributed by atoms with Gasteiger partial charge >= 0.3 is 0 Å². The predicted molar refractivity (Wildman–Crippen MR) is 90.9 cm³/mol. The lowest BCUT2D eigenvalue weighted by atomic mass is 9.88. The number of methoxy groups -OCH3 is 1. The van der Waals surface area contributed by atoms with Gasteiger partial charge in [0.15, 0.2) is 5.43 Å². The molecule has 1 heterocycles. The van der Waals surface area contributed by atoms with Crippen LogP contribution in [0.4, 0.5) is 0 Å². The van der Waals surface area contributed by atoms with Crippen LogP contribution in [0.1, 0.15) is 34.1 Å². The third-order valence-electron chi connectivity index (χ3n) is 4.40. The highest BCUT2D eigenvalue weighted by Crippen LogP contribution is 2.39. The summed E-state index contributed by atoms with van der Waals surface area (Å²) < 4.78 is 10.8. The van der Waals surface area contributed by atoms with Crippen LogP contribution in [0.5, 0.6) is 5.75 Å². The molecule has 6 nitrogen and oxygen atoms in total. The Kier molecular flexibility index (Phi) is 5.15. The first-order valence-electron chi connectivity index (χ1n) is 7.90. The average molecular weight is 367 g/mol. The Morgan fingerprint density at radius 3 is 2.44 bits per heavy atom. The van der Waals surface area contributed by atoms with Gasteiger partial charge in [-0.3, -0.25) is 4.79 Å². The quantitative estimate of drug-likeness (QED) is 0.709. The summed E-state index contributed by atoms with van der Waals surface area (Å²) in [5.74, 6) is 1.18. The predicted octanol–water partition coefficient (Wildman–Crippen LogP) is 1.48. The van der Waals surface area contributed by atoms with E-state index in [-0.39, 0.29) is 11.3 Å². The molecule has 0 fully saturated rings. The number of halogens is 1. The molecule has 1 aromatic heterocycles. The van der Waals surface area contributed by atoms with Crippen molar-refractivity contribution in [1.82, 2.24) is 0 Å². The molecule has 0 bridgehead atoms. The van der Waals surface area contributed by atoms with Crippen molar-refractivity contribution in [2.75, 3.05) is 7.11 Å². The number of aryl methyl sites for hydroxylation is 2. The summed E-state index contributed by atoms with van der Waals surface area (Å²) >= 11 is 6.08. The maximum atomic E-state index is 12.3. The zero-order valence-electron chi connectivity index (χ0n) is 13.6. The topological polar surface area (TPSA) is 100 Å². The molecule has 0 saturated heterocycles. The first kappa shape index (κ1) is 17.9. The number of fused-ring (bicyclic) bond motifs is 1. The van der Waals surface area contributed by atoms with Gasteiger partial charge in [-0.15, -0.1) is 11.6 Å². The van der Waals surface area contributed by atoms with Crippen LogP contribution in [0.25, 0.3) is 0 Å². The number of benzene rings is 1. The minimum absolute atomic E-state index is 0.0178. The van der Waals surface area contributed by atoms with E-state index in [0.717, 1.165) is 11.3 Å². The van der Waals surface area contributed by atoms with Gasteiger partial charge in [-0.25, -0.2) is 0 Å². The molecule has 0 radical (unpaired) electrons. The van der Waals surface area contributed by atoms with Crippen molar-refractivity contribution in [3.63, 3.8) is 0 Å². The minimum Gasteiger partial charge on any atom is -0.497 e. The highest BCUT2D eigenvalue weighted by molar-refractivity contribution is 6.21. The highest BCUT2D eigenvalue weighted by atomic mass is 35.5. The SMILES string of the molecule is COc1ccc(CCc2cc(=O)c3c(o2)[C@H](Cl)[C@@H](O)[C@@H](O)[C@H]3O)cc1. The van der Waals surface area contributed by atoms with E-state index in [4.69, 9.17) is 20.8 Å². The van der Waals surface area contributed by atoms with Gasteiger partial charge in [0, 0.05) is 12.5 Å². The van der Waals surface area contributed by atoms with E-state index in [1.807, 2.05) is 24.3 Å². The van der Waals surface area contributed by atoms with Gasteiger partial charge < -0.3 is 24.5 Å². The van der Waals surface area contributed by atoms with Crippen molar-refractivity contribution in [2.45, 2.75) is 36.5 Å². The Morgan fingerprint density at radius 2 is 1.80 bits per heavy atom. The molecular weight excluding hydrogens is 348 g/mol. The van der Waals surface area contributed by atoms with Crippen LogP contribution in [0.15, 0.2) is 39.5 Å². The molecule has 2 aromatic rings. The number of alkyl halides is 1. The maximum absolute atomic E-state index is 12.3. The average Bonchev–Trinajstić information content (AvgIpc) is 2.62. The van der Waals surface area contributed by atoms with Crippen molar-refractivity contribution in [3.05, 3.63) is 63.2 Å². The normalized spacial score (nSPS) is 25.5. The van der Waals surface area contributed by atoms with Crippen molar-refractivity contribution < 1.29 is 24.5 Å². The Labute approximate surface area is 149 Å². The molecule has 134 valence electrons. The molecule has 0 aliphatic heterocycles. The smallest absolute Gasteiger partial charge is 0.191 e. The van der Waals surface area contributed by atoms with Gasteiger partial charge in [-0.2, -0.15) is 0 Å². The Bertz CT molecular complexity index is 800. The van der Waals surface area contributed by atoms with Crippen molar-refractivity contribution >= 4 is 11.6 Å². The zero-order chi connectivity index (χ0) is 18.1. The van der Waals surface area contributed by atoms with Crippen molar-refractivity contribution in [1.29, 1.82) is 0 Å². The number of rotatable bonds is 4. The van der Waals surface area contributed by atoms with E-state index in [0.29, 0.717) is 18.6 Å². The van der Waals surface area contributed by atoms with Gasteiger partial charge in [0.1, 0.15) is 41.0 Å². The number of ether oxygens (including phenoxy) is 1. The lowest BCUT2D eigenvalue weighted by Crippen LogP contribution is -2.42. The number of hydrogen-bond donors (Lipinski definition) is 3. The highest BCUT2D eigenvalue weighted by Gasteiger charge is 2.43. The fraction of sp³-hybridized carbons (Fsp3) is 0.389. The molecule has 7 heteroatoms. The lowest BCUT2D eigenvalue weighted by molar-refractivity contribution is -0.0756. The van der Waals surface area contributed by atoms with Crippen LogP contribution in [0.2, 0.25) is 0 Å². The molecule has 1 aliphatic carbocycles. The third kappa shape index (κ3) is 3.43. The monoisotopic (exact) mass is 366 g/mol. The van der Waals surface area contributed by atoms with E-state index in [9.17, 15) is 20.1 Å². The molecule has 0 saturated carbocycles. The van der Waals surface area contributed by atoms with Gasteiger partial charge in [0.25, 0.3) is 0 Å². The van der Waals surface area contributed by atoms with E-state index in [1.54, 1.807) is 7.11 Å². The molecule has 1 aliphatic rings. The second-order valence-electron chi connectivity index (χ2n) is 6.03. The van der Waals surface area contributed by atoms with Crippen LogP contribution in [-0.4, -0.2) is 34.6 Å². The summed E-state index contributed by atoms with van der Waals surface area (Å²) in [5, 5.41) is 28.6. The first-order chi connectivity index (χ1) is 11.9. The molecule has 3 rings (SSSR count). The van der Waals surface area contributed by atoms with Gasteiger partial charge in [-0.1, -0.05) is 12.1 Å².